The molecule has 1 aliphatic heterocycles. The smallest absolute Gasteiger partial charge is 0.311 e. The molecule has 1 heterocycles. The number of hydrogen-bond acceptors (Lipinski definition) is 4. The number of ether oxygens (including phenoxy) is 1. The molecule has 0 aromatic heterocycles. The van der Waals surface area contributed by atoms with Crippen molar-refractivity contribution < 1.29 is 19.4 Å². The molecule has 1 saturated carbocycles. The highest BCUT2D eigenvalue weighted by Crippen LogP contribution is 2.39. The number of carbonyl (C=O) groups is 2. The van der Waals surface area contributed by atoms with Crippen LogP contribution >= 0.6 is 0 Å². The summed E-state index contributed by atoms with van der Waals surface area (Å²) in [4.78, 5) is 25.4. The topological polar surface area (TPSA) is 92.9 Å². The van der Waals surface area contributed by atoms with E-state index in [0.29, 0.717) is 6.54 Å². The first-order valence-electron chi connectivity index (χ1n) is 6.80. The number of aliphatic carboxylic acids is 1. The minimum atomic E-state index is -0.918. The summed E-state index contributed by atoms with van der Waals surface area (Å²) in [6, 6.07) is -0.406. The molecule has 3 N–H and O–H groups in total. The summed E-state index contributed by atoms with van der Waals surface area (Å²) in [6.45, 7) is 4.49. The van der Waals surface area contributed by atoms with Gasteiger partial charge in [-0.3, -0.25) is 9.59 Å². The molecule has 2 fully saturated rings. The van der Waals surface area contributed by atoms with Gasteiger partial charge < -0.3 is 20.5 Å². The third-order valence-corrected chi connectivity index (χ3v) is 4.26. The van der Waals surface area contributed by atoms with Crippen molar-refractivity contribution in [3.63, 3.8) is 0 Å². The van der Waals surface area contributed by atoms with E-state index in [4.69, 9.17) is 10.5 Å². The first kappa shape index (κ1) is 14.3. The van der Waals surface area contributed by atoms with Crippen LogP contribution in [0.2, 0.25) is 0 Å². The van der Waals surface area contributed by atoms with Gasteiger partial charge >= 0.3 is 5.97 Å². The summed E-state index contributed by atoms with van der Waals surface area (Å²) in [5.74, 6) is -1.50. The van der Waals surface area contributed by atoms with Gasteiger partial charge in [0.15, 0.2) is 0 Å². The van der Waals surface area contributed by atoms with E-state index in [-0.39, 0.29) is 25.0 Å². The van der Waals surface area contributed by atoms with Gasteiger partial charge in [-0.2, -0.15) is 0 Å². The maximum absolute atomic E-state index is 12.6. The Morgan fingerprint density at radius 1 is 1.42 bits per heavy atom. The number of hydrogen-bond donors (Lipinski definition) is 2. The number of carboxylic acid groups (broad SMARTS) is 1. The Labute approximate surface area is 112 Å². The molecule has 19 heavy (non-hydrogen) atoms. The summed E-state index contributed by atoms with van der Waals surface area (Å²) in [6.07, 6.45) is 1.94. The predicted molar refractivity (Wildman–Crippen MR) is 68.4 cm³/mol. The quantitative estimate of drug-likeness (QED) is 0.737. The Hall–Kier alpha value is -1.14. The van der Waals surface area contributed by atoms with Crippen LogP contribution in [0.15, 0.2) is 0 Å². The van der Waals surface area contributed by atoms with Gasteiger partial charge in [0.2, 0.25) is 5.91 Å². The Morgan fingerprint density at radius 3 is 2.53 bits per heavy atom. The van der Waals surface area contributed by atoms with E-state index in [2.05, 4.69) is 0 Å². The minimum absolute atomic E-state index is 0.153. The number of nitrogens with two attached hydrogens (primary N) is 1. The molecule has 0 aromatic carbocycles. The van der Waals surface area contributed by atoms with Crippen molar-refractivity contribution in [3.8, 4) is 0 Å². The molecule has 1 amide bonds. The Morgan fingerprint density at radius 2 is 2.05 bits per heavy atom. The van der Waals surface area contributed by atoms with Crippen molar-refractivity contribution >= 4 is 11.9 Å². The standard InChI is InChI=1S/C13H22N2O4/c1-3-15(10-7-19-6-9(10)11(16)17)12(18)13(2,14)8-4-5-8/h8-10H,3-7,14H2,1-2H3,(H,16,17). The third kappa shape index (κ3) is 2.60. The van der Waals surface area contributed by atoms with Crippen molar-refractivity contribution in [2.75, 3.05) is 19.8 Å². The van der Waals surface area contributed by atoms with Crippen molar-refractivity contribution in [2.24, 2.45) is 17.6 Å². The number of carboxylic acids is 1. The summed E-state index contributed by atoms with van der Waals surface area (Å²) >= 11 is 0. The van der Waals surface area contributed by atoms with Crippen LogP contribution in [-0.4, -0.2) is 53.2 Å². The van der Waals surface area contributed by atoms with E-state index in [1.165, 1.54) is 0 Å². The maximum Gasteiger partial charge on any atom is 0.311 e. The molecule has 1 saturated heterocycles. The first-order valence-corrected chi connectivity index (χ1v) is 6.80. The van der Waals surface area contributed by atoms with E-state index in [1.54, 1.807) is 11.8 Å². The van der Waals surface area contributed by atoms with Crippen LogP contribution in [0.4, 0.5) is 0 Å². The van der Waals surface area contributed by atoms with Crippen LogP contribution in [0.25, 0.3) is 0 Å². The lowest BCUT2D eigenvalue weighted by Crippen LogP contribution is -2.59. The Balaban J connectivity index is 2.15. The largest absolute Gasteiger partial charge is 0.481 e. The van der Waals surface area contributed by atoms with Crippen LogP contribution in [0.1, 0.15) is 26.7 Å². The molecule has 2 aliphatic rings. The molecule has 1 aliphatic carbocycles. The summed E-state index contributed by atoms with van der Waals surface area (Å²) in [5, 5.41) is 9.18. The van der Waals surface area contributed by atoms with Gasteiger partial charge in [-0.1, -0.05) is 0 Å². The second-order valence-electron chi connectivity index (χ2n) is 5.70. The normalized spacial score (nSPS) is 29.8. The second-order valence-corrected chi connectivity index (χ2v) is 5.70. The zero-order chi connectivity index (χ0) is 14.2. The lowest BCUT2D eigenvalue weighted by atomic mass is 9.93. The van der Waals surface area contributed by atoms with E-state index in [9.17, 15) is 14.7 Å². The fourth-order valence-corrected chi connectivity index (χ4v) is 2.78. The van der Waals surface area contributed by atoms with Gasteiger partial charge in [0, 0.05) is 6.54 Å². The summed E-state index contributed by atoms with van der Waals surface area (Å²) < 4.78 is 5.24. The van der Waals surface area contributed by atoms with Crippen molar-refractivity contribution in [1.82, 2.24) is 4.90 Å². The summed E-state index contributed by atoms with van der Waals surface area (Å²) in [7, 11) is 0. The molecule has 2 rings (SSSR count). The van der Waals surface area contributed by atoms with Crippen molar-refractivity contribution in [3.05, 3.63) is 0 Å². The van der Waals surface area contributed by atoms with Crippen LogP contribution in [0.5, 0.6) is 0 Å². The van der Waals surface area contributed by atoms with Gasteiger partial charge in [0.25, 0.3) is 0 Å². The highest BCUT2D eigenvalue weighted by molar-refractivity contribution is 5.87. The molecule has 0 radical (unpaired) electrons. The molecule has 0 bridgehead atoms. The molecular weight excluding hydrogens is 248 g/mol. The molecule has 3 unspecified atom stereocenters. The van der Waals surface area contributed by atoms with Crippen LogP contribution in [0.3, 0.4) is 0 Å². The van der Waals surface area contributed by atoms with Crippen LogP contribution in [0, 0.1) is 11.8 Å². The molecule has 0 aromatic rings. The third-order valence-electron chi connectivity index (χ3n) is 4.26. The van der Waals surface area contributed by atoms with Gasteiger partial charge in [0.1, 0.15) is 5.92 Å². The van der Waals surface area contributed by atoms with Crippen LogP contribution in [-0.2, 0) is 14.3 Å². The number of carbonyl (C=O) groups excluding carboxylic acids is 1. The lowest BCUT2D eigenvalue weighted by molar-refractivity contribution is -0.146. The molecular formula is C13H22N2O4. The van der Waals surface area contributed by atoms with Crippen molar-refractivity contribution in [2.45, 2.75) is 38.3 Å². The van der Waals surface area contributed by atoms with Gasteiger partial charge in [-0.05, 0) is 32.6 Å². The molecule has 6 nitrogen and oxygen atoms in total. The van der Waals surface area contributed by atoms with Gasteiger partial charge in [-0.15, -0.1) is 0 Å². The van der Waals surface area contributed by atoms with E-state index in [1.807, 2.05) is 6.92 Å². The predicted octanol–water partition coefficient (Wildman–Crippen LogP) is 0.0619. The van der Waals surface area contributed by atoms with E-state index >= 15 is 0 Å². The monoisotopic (exact) mass is 270 g/mol. The number of rotatable bonds is 5. The number of likely N-dealkylation sites (N-methyl/N-ethyl adjacent to an activating group) is 1. The molecule has 0 spiro atoms. The first-order chi connectivity index (χ1) is 8.89. The number of nitrogens with zero attached hydrogens (tertiary/aromatic N) is 1. The second kappa shape index (κ2) is 5.09. The molecule has 108 valence electrons. The van der Waals surface area contributed by atoms with Gasteiger partial charge in [-0.25, -0.2) is 0 Å². The highest BCUT2D eigenvalue weighted by Gasteiger charge is 2.49. The fourth-order valence-electron chi connectivity index (χ4n) is 2.78. The Kier molecular flexibility index (Phi) is 3.82. The minimum Gasteiger partial charge on any atom is -0.481 e. The zero-order valence-corrected chi connectivity index (χ0v) is 11.5. The molecule has 6 heteroatoms. The zero-order valence-electron chi connectivity index (χ0n) is 11.5. The fraction of sp³-hybridized carbons (Fsp3) is 0.846. The van der Waals surface area contributed by atoms with E-state index < -0.39 is 23.5 Å². The average molecular weight is 270 g/mol. The Bertz CT molecular complexity index is 379. The molecule has 3 atom stereocenters. The summed E-state index contributed by atoms with van der Waals surface area (Å²) in [5.41, 5.74) is 5.26. The number of amides is 1. The van der Waals surface area contributed by atoms with Crippen LogP contribution < -0.4 is 5.73 Å². The highest BCUT2D eigenvalue weighted by atomic mass is 16.5. The van der Waals surface area contributed by atoms with Gasteiger partial charge in [0.05, 0.1) is 24.8 Å². The van der Waals surface area contributed by atoms with E-state index in [0.717, 1.165) is 12.8 Å². The average Bonchev–Trinajstić information content (AvgIpc) is 3.10. The van der Waals surface area contributed by atoms with Crippen molar-refractivity contribution in [1.29, 1.82) is 0 Å². The lowest BCUT2D eigenvalue weighted by Gasteiger charge is -2.36. The SMILES string of the molecule is CCN(C(=O)C(C)(N)C1CC1)C1COCC1C(=O)O. The maximum atomic E-state index is 12.6.